The third kappa shape index (κ3) is 10.9. The van der Waals surface area contributed by atoms with E-state index in [1.54, 1.807) is 54.6 Å². The van der Waals surface area contributed by atoms with Crippen molar-refractivity contribution >= 4 is 45.2 Å². The number of nitrogen functional groups attached to an aromatic ring is 1. The predicted molar refractivity (Wildman–Crippen MR) is 148 cm³/mol. The Balaban J connectivity index is 0.000000745. The largest absolute Gasteiger partial charge is 0.490 e. The molecule has 3 aromatic rings. The Morgan fingerprint density at radius 3 is 2.22 bits per heavy atom. The van der Waals surface area contributed by atoms with Crippen molar-refractivity contribution in [3.8, 4) is 11.5 Å². The molecule has 0 saturated heterocycles. The molecule has 14 heteroatoms. The number of aliphatic carboxylic acids is 1. The maximum Gasteiger partial charge on any atom is 0.490 e. The number of rotatable bonds is 9. The Morgan fingerprint density at radius 1 is 1.05 bits per heavy atom. The summed E-state index contributed by atoms with van der Waals surface area (Å²) in [6, 6.07) is 18.8. The number of aliphatic hydroxyl groups is 1. The van der Waals surface area contributed by atoms with Crippen LogP contribution >= 0.6 is 15.9 Å². The summed E-state index contributed by atoms with van der Waals surface area (Å²) in [5, 5.41) is 29.2. The minimum absolute atomic E-state index is 0.0617. The Labute approximate surface area is 241 Å². The number of amides is 2. The molecule has 0 fully saturated rings. The molecule has 7 N–H and O–H groups in total. The molecule has 0 saturated carbocycles. The van der Waals surface area contributed by atoms with E-state index < -0.39 is 24.0 Å². The number of ether oxygens (including phenoxy) is 1. The molecule has 3 aromatic carbocycles. The molecule has 0 spiro atoms. The van der Waals surface area contributed by atoms with Gasteiger partial charge >= 0.3 is 12.1 Å². The van der Waals surface area contributed by atoms with E-state index in [9.17, 15) is 27.9 Å². The van der Waals surface area contributed by atoms with Crippen LogP contribution in [0.5, 0.6) is 11.5 Å². The van der Waals surface area contributed by atoms with Gasteiger partial charge in [-0.25, -0.2) is 4.79 Å². The highest BCUT2D eigenvalue weighted by Gasteiger charge is 2.38. The molecule has 3 rings (SSSR count). The average Bonchev–Trinajstić information content (AvgIpc) is 2.89. The molecule has 0 aliphatic rings. The molecule has 1 unspecified atom stereocenters. The summed E-state index contributed by atoms with van der Waals surface area (Å²) in [6.07, 6.45) is -5.41. The minimum atomic E-state index is -5.08. The van der Waals surface area contributed by atoms with Crippen LogP contribution in [0, 0.1) is 5.41 Å². The van der Waals surface area contributed by atoms with Crippen LogP contribution in [0.2, 0.25) is 0 Å². The van der Waals surface area contributed by atoms with Crippen molar-refractivity contribution in [3.63, 3.8) is 0 Å². The number of benzene rings is 3. The first-order valence-corrected chi connectivity index (χ1v) is 12.5. The van der Waals surface area contributed by atoms with Crippen molar-refractivity contribution in [2.24, 2.45) is 5.73 Å². The molecule has 0 bridgehead atoms. The van der Waals surface area contributed by atoms with Gasteiger partial charge in [0.15, 0.2) is 0 Å². The second kappa shape index (κ2) is 14.8. The number of carboxylic acids is 1. The summed E-state index contributed by atoms with van der Waals surface area (Å²) in [6.45, 7) is 1.75. The van der Waals surface area contributed by atoms with E-state index >= 15 is 0 Å². The number of alkyl halides is 3. The number of amidine groups is 1. The van der Waals surface area contributed by atoms with Crippen LogP contribution in [-0.4, -0.2) is 40.0 Å². The van der Waals surface area contributed by atoms with Crippen LogP contribution in [0.1, 0.15) is 36.1 Å². The second-order valence-corrected chi connectivity index (χ2v) is 9.26. The number of carboxylic acid groups (broad SMARTS) is 1. The van der Waals surface area contributed by atoms with Gasteiger partial charge in [-0.15, -0.1) is 0 Å². The van der Waals surface area contributed by atoms with Gasteiger partial charge in [-0.05, 0) is 82.5 Å². The number of hydrogen-bond donors (Lipinski definition) is 6. The molecule has 0 heterocycles. The van der Waals surface area contributed by atoms with Crippen LogP contribution in [0.25, 0.3) is 0 Å². The van der Waals surface area contributed by atoms with Crippen molar-refractivity contribution in [2.75, 3.05) is 5.32 Å². The Bertz CT molecular complexity index is 1400. The lowest BCUT2D eigenvalue weighted by Crippen LogP contribution is -2.30. The zero-order chi connectivity index (χ0) is 30.7. The zero-order valence-corrected chi connectivity index (χ0v) is 23.0. The maximum atomic E-state index is 12.4. The number of halogens is 4. The van der Waals surface area contributed by atoms with E-state index in [2.05, 4.69) is 26.6 Å². The fourth-order valence-corrected chi connectivity index (χ4v) is 3.64. The van der Waals surface area contributed by atoms with Crippen molar-refractivity contribution in [3.05, 3.63) is 87.9 Å². The first kappa shape index (κ1) is 32.8. The molecule has 1 atom stereocenters. The van der Waals surface area contributed by atoms with Crippen LogP contribution in [0.15, 0.2) is 71.2 Å². The molecule has 218 valence electrons. The topological polar surface area (TPSA) is 175 Å². The van der Waals surface area contributed by atoms with Gasteiger partial charge in [0, 0.05) is 11.3 Å². The molecular formula is C27H26BrF3N4O6. The lowest BCUT2D eigenvalue weighted by atomic mass is 10.1. The first-order chi connectivity index (χ1) is 19.2. The summed E-state index contributed by atoms with van der Waals surface area (Å²) in [5.41, 5.74) is 8.05. The van der Waals surface area contributed by atoms with Crippen molar-refractivity contribution in [1.29, 1.82) is 5.41 Å². The third-order valence-corrected chi connectivity index (χ3v) is 5.81. The zero-order valence-electron chi connectivity index (χ0n) is 21.5. The highest BCUT2D eigenvalue weighted by atomic mass is 79.9. The molecule has 41 heavy (non-hydrogen) atoms. The van der Waals surface area contributed by atoms with E-state index in [-0.39, 0.29) is 24.9 Å². The Kier molecular flexibility index (Phi) is 11.8. The predicted octanol–water partition coefficient (Wildman–Crippen LogP) is 4.86. The van der Waals surface area contributed by atoms with E-state index in [0.717, 1.165) is 11.1 Å². The number of carbonyl (C=O) groups excluding carboxylic acids is 2. The summed E-state index contributed by atoms with van der Waals surface area (Å²) in [4.78, 5) is 33.4. The molecule has 0 aliphatic carbocycles. The first-order valence-electron chi connectivity index (χ1n) is 11.7. The Hall–Kier alpha value is -4.43. The van der Waals surface area contributed by atoms with Crippen LogP contribution in [0.4, 0.5) is 18.9 Å². The van der Waals surface area contributed by atoms with Crippen molar-refractivity contribution in [2.45, 2.75) is 32.2 Å². The molecule has 2 amide bonds. The standard InChI is InChI=1S/C25H25BrN4O4.C2HF3O2/c1-15(29-23(32)13-24(33)30-19-8-5-17(6-9-19)25(27)28)18-7-10-22(21(26)12-18)34-20-4-2-3-16(11-20)14-31;3-2(4,5)1(6)7/h2-12,15,31H,13-14H2,1H3,(H3,27,28)(H,29,32)(H,30,33);(H,6,7). The highest BCUT2D eigenvalue weighted by molar-refractivity contribution is 9.10. The maximum absolute atomic E-state index is 12.4. The van der Waals surface area contributed by atoms with E-state index in [4.69, 9.17) is 25.8 Å². The summed E-state index contributed by atoms with van der Waals surface area (Å²) < 4.78 is 38.3. The lowest BCUT2D eigenvalue weighted by molar-refractivity contribution is -0.192. The van der Waals surface area contributed by atoms with E-state index in [1.165, 1.54) is 0 Å². The van der Waals surface area contributed by atoms with Crippen LogP contribution in [0.3, 0.4) is 0 Å². The highest BCUT2D eigenvalue weighted by Crippen LogP contribution is 2.32. The number of hydrogen-bond acceptors (Lipinski definition) is 6. The molecule has 10 nitrogen and oxygen atoms in total. The van der Waals surface area contributed by atoms with Gasteiger partial charge in [-0.3, -0.25) is 15.0 Å². The normalized spacial score (nSPS) is 11.4. The van der Waals surface area contributed by atoms with Gasteiger partial charge in [0.05, 0.1) is 17.1 Å². The van der Waals surface area contributed by atoms with Crippen LogP contribution in [-0.2, 0) is 21.0 Å². The third-order valence-electron chi connectivity index (χ3n) is 5.19. The van der Waals surface area contributed by atoms with Gasteiger partial charge in [0.25, 0.3) is 0 Å². The molecular weight excluding hydrogens is 613 g/mol. The van der Waals surface area contributed by atoms with E-state index in [0.29, 0.717) is 27.2 Å². The number of aliphatic hydroxyl groups excluding tert-OH is 1. The van der Waals surface area contributed by atoms with E-state index in [1.807, 2.05) is 19.1 Å². The molecule has 0 radical (unpaired) electrons. The fourth-order valence-electron chi connectivity index (χ4n) is 3.16. The summed E-state index contributed by atoms with van der Waals surface area (Å²) in [7, 11) is 0. The van der Waals surface area contributed by atoms with Crippen molar-refractivity contribution in [1.82, 2.24) is 5.32 Å². The van der Waals surface area contributed by atoms with Gasteiger partial charge < -0.3 is 31.3 Å². The molecule has 0 aliphatic heterocycles. The van der Waals surface area contributed by atoms with Gasteiger partial charge in [0.2, 0.25) is 11.8 Å². The minimum Gasteiger partial charge on any atom is -0.475 e. The van der Waals surface area contributed by atoms with Gasteiger partial charge in [-0.1, -0.05) is 18.2 Å². The van der Waals surface area contributed by atoms with Crippen LogP contribution < -0.4 is 21.1 Å². The smallest absolute Gasteiger partial charge is 0.475 e. The molecule has 0 aromatic heterocycles. The monoisotopic (exact) mass is 638 g/mol. The average molecular weight is 639 g/mol. The van der Waals surface area contributed by atoms with Gasteiger partial charge in [0.1, 0.15) is 23.8 Å². The number of nitrogens with two attached hydrogens (primary N) is 1. The SMILES string of the molecule is CC(NC(=O)CC(=O)Nc1ccc(C(=N)N)cc1)c1ccc(Oc2cccc(CO)c2)c(Br)c1.O=C(O)C(F)(F)F. The fraction of sp³-hybridized carbons (Fsp3) is 0.185. The lowest BCUT2D eigenvalue weighted by Gasteiger charge is -2.16. The quantitative estimate of drug-likeness (QED) is 0.110. The number of nitrogens with one attached hydrogen (secondary N) is 3. The number of carbonyl (C=O) groups is 3. The second-order valence-electron chi connectivity index (χ2n) is 8.41. The Morgan fingerprint density at radius 2 is 1.68 bits per heavy atom. The number of anilines is 1. The summed E-state index contributed by atoms with van der Waals surface area (Å²) >= 11 is 3.49. The van der Waals surface area contributed by atoms with Gasteiger partial charge in [-0.2, -0.15) is 13.2 Å². The summed E-state index contributed by atoms with van der Waals surface area (Å²) in [5.74, 6) is -2.49. The van der Waals surface area contributed by atoms with Crippen molar-refractivity contribution < 1.29 is 42.5 Å².